The number of halogens is 3. The average molecular weight is 233 g/mol. The highest BCUT2D eigenvalue weighted by Crippen LogP contribution is 2.25. The van der Waals surface area contributed by atoms with E-state index in [-0.39, 0.29) is 5.82 Å². The highest BCUT2D eigenvalue weighted by molar-refractivity contribution is 5.62. The molecule has 0 aliphatic carbocycles. The minimum atomic E-state index is -4.24. The summed E-state index contributed by atoms with van der Waals surface area (Å²) >= 11 is 0. The van der Waals surface area contributed by atoms with Crippen LogP contribution in [0.25, 0.3) is 0 Å². The zero-order valence-electron chi connectivity index (χ0n) is 8.96. The molecule has 0 fully saturated rings. The smallest absolute Gasteiger partial charge is 0.382 e. The van der Waals surface area contributed by atoms with Crippen LogP contribution in [0.2, 0.25) is 0 Å². The summed E-state index contributed by atoms with van der Waals surface area (Å²) in [7, 11) is 0. The molecular formula is C10H14F3N3. The number of hydrogen-bond donors (Lipinski definition) is 1. The van der Waals surface area contributed by atoms with Crippen molar-refractivity contribution in [2.24, 2.45) is 0 Å². The second-order valence-electron chi connectivity index (χ2n) is 3.44. The predicted octanol–water partition coefficient (Wildman–Crippen LogP) is 2.44. The van der Waals surface area contributed by atoms with E-state index < -0.39 is 12.7 Å². The van der Waals surface area contributed by atoms with Crippen LogP contribution in [0.3, 0.4) is 0 Å². The van der Waals surface area contributed by atoms with E-state index in [1.54, 1.807) is 12.1 Å². The Balaban J connectivity index is 2.89. The minimum absolute atomic E-state index is 0.125. The number of nitrogen functional groups attached to an aromatic ring is 1. The fraction of sp³-hybridized carbons (Fsp3) is 0.500. The van der Waals surface area contributed by atoms with Gasteiger partial charge in [-0.15, -0.1) is 0 Å². The number of aromatic nitrogens is 1. The van der Waals surface area contributed by atoms with Gasteiger partial charge in [-0.3, -0.25) is 0 Å². The number of hydrogen-bond acceptors (Lipinski definition) is 3. The van der Waals surface area contributed by atoms with Gasteiger partial charge in [-0.25, -0.2) is 4.98 Å². The van der Waals surface area contributed by atoms with E-state index in [4.69, 9.17) is 5.73 Å². The van der Waals surface area contributed by atoms with Crippen LogP contribution in [0.4, 0.5) is 24.7 Å². The Hall–Kier alpha value is -1.46. The molecule has 16 heavy (non-hydrogen) atoms. The van der Waals surface area contributed by atoms with Crippen molar-refractivity contribution in [1.29, 1.82) is 0 Å². The topological polar surface area (TPSA) is 42.2 Å². The monoisotopic (exact) mass is 233 g/mol. The second-order valence-corrected chi connectivity index (χ2v) is 3.44. The molecule has 0 saturated heterocycles. The van der Waals surface area contributed by atoms with E-state index in [2.05, 4.69) is 4.98 Å². The van der Waals surface area contributed by atoms with Crippen LogP contribution in [0.1, 0.15) is 13.3 Å². The molecule has 0 aliphatic rings. The van der Waals surface area contributed by atoms with Crippen molar-refractivity contribution in [3.05, 3.63) is 18.3 Å². The molecule has 0 bridgehead atoms. The van der Waals surface area contributed by atoms with Gasteiger partial charge in [0.25, 0.3) is 0 Å². The van der Waals surface area contributed by atoms with Gasteiger partial charge in [0.05, 0.1) is 5.69 Å². The van der Waals surface area contributed by atoms with Crippen molar-refractivity contribution in [3.63, 3.8) is 0 Å². The molecule has 3 nitrogen and oxygen atoms in total. The quantitative estimate of drug-likeness (QED) is 0.868. The van der Waals surface area contributed by atoms with Gasteiger partial charge in [0.2, 0.25) is 0 Å². The Morgan fingerprint density at radius 1 is 1.44 bits per heavy atom. The molecule has 0 aromatic carbocycles. The molecule has 1 aromatic heterocycles. The molecule has 2 N–H and O–H groups in total. The largest absolute Gasteiger partial charge is 0.405 e. The number of nitrogens with two attached hydrogens (primary N) is 1. The Labute approximate surface area is 92.1 Å². The van der Waals surface area contributed by atoms with Gasteiger partial charge >= 0.3 is 6.18 Å². The van der Waals surface area contributed by atoms with E-state index in [0.29, 0.717) is 18.7 Å². The Kier molecular flexibility index (Phi) is 3.98. The Morgan fingerprint density at radius 3 is 2.62 bits per heavy atom. The van der Waals surface area contributed by atoms with Gasteiger partial charge in [0.1, 0.15) is 12.4 Å². The summed E-state index contributed by atoms with van der Waals surface area (Å²) < 4.78 is 37.0. The van der Waals surface area contributed by atoms with Gasteiger partial charge < -0.3 is 10.6 Å². The van der Waals surface area contributed by atoms with Crippen molar-refractivity contribution in [2.75, 3.05) is 23.7 Å². The highest BCUT2D eigenvalue weighted by Gasteiger charge is 2.31. The minimum Gasteiger partial charge on any atom is -0.382 e. The lowest BCUT2D eigenvalue weighted by Crippen LogP contribution is -2.35. The lowest BCUT2D eigenvalue weighted by molar-refractivity contribution is -0.119. The van der Waals surface area contributed by atoms with Gasteiger partial charge in [-0.2, -0.15) is 13.2 Å². The Bertz CT molecular complexity index is 338. The van der Waals surface area contributed by atoms with Crippen LogP contribution in [-0.2, 0) is 0 Å². The molecule has 6 heteroatoms. The first-order valence-corrected chi connectivity index (χ1v) is 4.96. The molecule has 0 aliphatic heterocycles. The molecule has 1 aromatic rings. The molecule has 0 atom stereocenters. The number of nitrogens with zero attached hydrogens (tertiary/aromatic N) is 2. The summed E-state index contributed by atoms with van der Waals surface area (Å²) in [5.74, 6) is 0.125. The van der Waals surface area contributed by atoms with Crippen molar-refractivity contribution in [3.8, 4) is 0 Å². The maximum absolute atomic E-state index is 12.3. The Morgan fingerprint density at radius 2 is 2.12 bits per heavy atom. The lowest BCUT2D eigenvalue weighted by atomic mass is 10.3. The third-order valence-electron chi connectivity index (χ3n) is 2.02. The summed E-state index contributed by atoms with van der Waals surface area (Å²) in [5.41, 5.74) is 5.89. The predicted molar refractivity (Wildman–Crippen MR) is 57.2 cm³/mol. The van der Waals surface area contributed by atoms with Crippen LogP contribution in [0.15, 0.2) is 18.3 Å². The summed E-state index contributed by atoms with van der Waals surface area (Å²) in [6.45, 7) is 1.11. The van der Waals surface area contributed by atoms with Gasteiger partial charge in [0, 0.05) is 12.7 Å². The normalized spacial score (nSPS) is 11.5. The molecule has 0 unspecified atom stereocenters. The maximum Gasteiger partial charge on any atom is 0.405 e. The lowest BCUT2D eigenvalue weighted by Gasteiger charge is -2.26. The van der Waals surface area contributed by atoms with E-state index in [1.807, 2.05) is 6.92 Å². The number of anilines is 2. The first-order valence-electron chi connectivity index (χ1n) is 4.96. The molecule has 0 saturated carbocycles. The summed E-state index contributed by atoms with van der Waals surface area (Å²) in [6, 6.07) is 3.12. The fourth-order valence-electron chi connectivity index (χ4n) is 1.45. The molecule has 1 heterocycles. The summed E-state index contributed by atoms with van der Waals surface area (Å²) in [5, 5.41) is 0. The SMILES string of the molecule is CCCN(CC(F)(F)F)c1cccnc1N. The van der Waals surface area contributed by atoms with Crippen LogP contribution < -0.4 is 10.6 Å². The molecule has 90 valence electrons. The second kappa shape index (κ2) is 5.05. The average Bonchev–Trinajstić information content (AvgIpc) is 2.16. The third kappa shape index (κ3) is 3.60. The summed E-state index contributed by atoms with van der Waals surface area (Å²) in [6.07, 6.45) is -2.17. The molecular weight excluding hydrogens is 219 g/mol. The zero-order valence-corrected chi connectivity index (χ0v) is 8.96. The first kappa shape index (κ1) is 12.6. The van der Waals surface area contributed by atoms with Crippen molar-refractivity contribution < 1.29 is 13.2 Å². The standard InChI is InChI=1S/C10H14F3N3/c1-2-6-16(7-10(11,12)13)8-4-3-5-15-9(8)14/h3-5H,2,6-7H2,1H3,(H2,14,15). The van der Waals surface area contributed by atoms with E-state index in [0.717, 1.165) is 0 Å². The molecule has 0 spiro atoms. The molecule has 1 rings (SSSR count). The number of pyridine rings is 1. The zero-order chi connectivity index (χ0) is 12.2. The third-order valence-corrected chi connectivity index (χ3v) is 2.02. The van der Waals surface area contributed by atoms with Crippen molar-refractivity contribution >= 4 is 11.5 Å². The van der Waals surface area contributed by atoms with E-state index in [1.165, 1.54) is 11.1 Å². The molecule has 0 radical (unpaired) electrons. The molecule has 0 amide bonds. The van der Waals surface area contributed by atoms with Crippen LogP contribution in [0.5, 0.6) is 0 Å². The number of rotatable bonds is 4. The van der Waals surface area contributed by atoms with Crippen molar-refractivity contribution in [1.82, 2.24) is 4.98 Å². The fourth-order valence-corrected chi connectivity index (χ4v) is 1.45. The van der Waals surface area contributed by atoms with Gasteiger partial charge in [-0.05, 0) is 18.6 Å². The van der Waals surface area contributed by atoms with E-state index >= 15 is 0 Å². The van der Waals surface area contributed by atoms with Gasteiger partial charge in [-0.1, -0.05) is 6.92 Å². The van der Waals surface area contributed by atoms with Crippen LogP contribution in [0, 0.1) is 0 Å². The van der Waals surface area contributed by atoms with Crippen LogP contribution in [-0.4, -0.2) is 24.2 Å². The van der Waals surface area contributed by atoms with Crippen LogP contribution >= 0.6 is 0 Å². The maximum atomic E-state index is 12.3. The number of alkyl halides is 3. The summed E-state index contributed by atoms with van der Waals surface area (Å²) in [4.78, 5) is 4.98. The van der Waals surface area contributed by atoms with Crippen molar-refractivity contribution in [2.45, 2.75) is 19.5 Å². The first-order chi connectivity index (χ1) is 7.44. The van der Waals surface area contributed by atoms with Gasteiger partial charge in [0.15, 0.2) is 0 Å². The van der Waals surface area contributed by atoms with E-state index in [9.17, 15) is 13.2 Å². The highest BCUT2D eigenvalue weighted by atomic mass is 19.4.